The number of hydrogen-bond acceptors (Lipinski definition) is 9. The van der Waals surface area contributed by atoms with Crippen molar-refractivity contribution in [1.82, 2.24) is 4.98 Å². The Morgan fingerprint density at radius 2 is 1.95 bits per heavy atom. The lowest BCUT2D eigenvalue weighted by Crippen LogP contribution is -2.44. The topological polar surface area (TPSA) is 117 Å². The number of fused-ring (bicyclic) bond motifs is 2. The molecule has 1 aromatic heterocycles. The standard InChI is InChI=1S/C28H30ClNO8/c1-4-34-26(33)22-19(14-35-24-23(20(32)13-31)36-27-25(24)37-28(2,3)38-27)30-18-11-10-16(29)12-17(18)21(22)15-8-6-5-7-9-15/h5-12,20,23-25,27,31-32H,4,13-14H2,1-3H3/t20-,23+,24-,25-,27-/m0/s1. The average Bonchev–Trinajstić information content (AvgIpc) is 3.38. The number of carbonyl (C=O) groups is 1. The molecule has 3 heterocycles. The van der Waals surface area contributed by atoms with E-state index in [1.54, 1.807) is 39.0 Å². The van der Waals surface area contributed by atoms with Gasteiger partial charge in [0.2, 0.25) is 0 Å². The highest BCUT2D eigenvalue weighted by atomic mass is 35.5. The van der Waals surface area contributed by atoms with Crippen molar-refractivity contribution < 1.29 is 38.7 Å². The van der Waals surface area contributed by atoms with Crippen molar-refractivity contribution in [2.24, 2.45) is 0 Å². The number of nitrogens with zero attached hydrogens (tertiary/aromatic N) is 1. The molecule has 2 N–H and O–H groups in total. The Balaban J connectivity index is 1.59. The van der Waals surface area contributed by atoms with Crippen LogP contribution in [0.25, 0.3) is 22.0 Å². The van der Waals surface area contributed by atoms with Crippen molar-refractivity contribution >= 4 is 28.5 Å². The van der Waals surface area contributed by atoms with Gasteiger partial charge in [0.25, 0.3) is 0 Å². The van der Waals surface area contributed by atoms with Gasteiger partial charge in [0.05, 0.1) is 36.6 Å². The van der Waals surface area contributed by atoms with Crippen molar-refractivity contribution in [3.8, 4) is 11.1 Å². The highest BCUT2D eigenvalue weighted by Crippen LogP contribution is 2.41. The second-order valence-electron chi connectivity index (χ2n) is 9.65. The fraction of sp³-hybridized carbons (Fsp3) is 0.429. The molecule has 10 heteroatoms. The Morgan fingerprint density at radius 1 is 1.18 bits per heavy atom. The Labute approximate surface area is 225 Å². The van der Waals surface area contributed by atoms with Gasteiger partial charge in [0.1, 0.15) is 24.4 Å². The number of aliphatic hydroxyl groups excluding tert-OH is 2. The molecular weight excluding hydrogens is 514 g/mol. The molecule has 9 nitrogen and oxygen atoms in total. The lowest BCUT2D eigenvalue weighted by atomic mass is 9.94. The molecule has 2 saturated heterocycles. The summed E-state index contributed by atoms with van der Waals surface area (Å²) in [5.41, 5.74) is 2.64. The van der Waals surface area contributed by atoms with Crippen molar-refractivity contribution in [1.29, 1.82) is 0 Å². The highest BCUT2D eigenvalue weighted by molar-refractivity contribution is 6.31. The van der Waals surface area contributed by atoms with Crippen LogP contribution < -0.4 is 0 Å². The largest absolute Gasteiger partial charge is 0.462 e. The van der Waals surface area contributed by atoms with Crippen molar-refractivity contribution in [3.63, 3.8) is 0 Å². The number of esters is 1. The number of aromatic nitrogens is 1. The molecule has 0 saturated carbocycles. The number of aliphatic hydroxyl groups is 2. The van der Waals surface area contributed by atoms with Gasteiger partial charge in [-0.15, -0.1) is 0 Å². The first kappa shape index (κ1) is 27.0. The molecule has 0 spiro atoms. The van der Waals surface area contributed by atoms with E-state index in [4.69, 9.17) is 40.3 Å². The van der Waals surface area contributed by atoms with Crippen LogP contribution in [0.1, 0.15) is 36.8 Å². The lowest BCUT2D eigenvalue weighted by molar-refractivity contribution is -0.232. The van der Waals surface area contributed by atoms with E-state index in [9.17, 15) is 15.0 Å². The monoisotopic (exact) mass is 543 g/mol. The summed E-state index contributed by atoms with van der Waals surface area (Å²) >= 11 is 6.34. The molecule has 0 amide bonds. The molecule has 2 aliphatic rings. The van der Waals surface area contributed by atoms with Crippen LogP contribution in [0.3, 0.4) is 0 Å². The van der Waals surface area contributed by atoms with E-state index in [1.165, 1.54) is 0 Å². The summed E-state index contributed by atoms with van der Waals surface area (Å²) in [5, 5.41) is 21.2. The third-order valence-electron chi connectivity index (χ3n) is 6.57. The Kier molecular flexibility index (Phi) is 7.70. The maximum atomic E-state index is 13.4. The molecule has 202 valence electrons. The number of pyridine rings is 1. The minimum Gasteiger partial charge on any atom is -0.462 e. The number of benzene rings is 2. The summed E-state index contributed by atoms with van der Waals surface area (Å²) in [6.07, 6.45) is -4.38. The molecule has 3 aromatic rings. The minimum atomic E-state index is -1.22. The average molecular weight is 544 g/mol. The molecule has 0 unspecified atom stereocenters. The van der Waals surface area contributed by atoms with E-state index >= 15 is 0 Å². The summed E-state index contributed by atoms with van der Waals surface area (Å²) in [4.78, 5) is 18.1. The Bertz CT molecular complexity index is 1320. The molecule has 2 fully saturated rings. The number of rotatable bonds is 8. The molecule has 5 atom stereocenters. The zero-order valence-corrected chi connectivity index (χ0v) is 22.1. The third kappa shape index (κ3) is 5.15. The van der Waals surface area contributed by atoms with Crippen molar-refractivity contribution in [2.45, 2.75) is 63.9 Å². The molecule has 0 radical (unpaired) electrons. The first-order chi connectivity index (χ1) is 18.2. The zero-order valence-electron chi connectivity index (χ0n) is 21.3. The van der Waals surface area contributed by atoms with Crippen LogP contribution in [0.15, 0.2) is 48.5 Å². The summed E-state index contributed by atoms with van der Waals surface area (Å²) in [7, 11) is 0. The van der Waals surface area contributed by atoms with Crippen LogP contribution in [-0.4, -0.2) is 70.9 Å². The van der Waals surface area contributed by atoms with Gasteiger partial charge in [-0.25, -0.2) is 9.78 Å². The van der Waals surface area contributed by atoms with E-state index in [0.29, 0.717) is 27.2 Å². The van der Waals surface area contributed by atoms with Crippen LogP contribution in [0.4, 0.5) is 0 Å². The van der Waals surface area contributed by atoms with Crippen LogP contribution in [0.5, 0.6) is 0 Å². The normalized spacial score (nSPS) is 24.9. The van der Waals surface area contributed by atoms with Crippen LogP contribution in [-0.2, 0) is 30.3 Å². The number of halogens is 1. The fourth-order valence-corrected chi connectivity index (χ4v) is 5.17. The van der Waals surface area contributed by atoms with Gasteiger partial charge in [-0.3, -0.25) is 0 Å². The fourth-order valence-electron chi connectivity index (χ4n) is 5.00. The quantitative estimate of drug-likeness (QED) is 0.409. The molecule has 2 aliphatic heterocycles. The van der Waals surface area contributed by atoms with Crippen LogP contribution in [0.2, 0.25) is 5.02 Å². The Hall–Kier alpha value is -2.63. The first-order valence-corrected chi connectivity index (χ1v) is 12.9. The van der Waals surface area contributed by atoms with Gasteiger partial charge in [-0.05, 0) is 44.5 Å². The minimum absolute atomic E-state index is 0.123. The van der Waals surface area contributed by atoms with E-state index in [2.05, 4.69) is 0 Å². The number of hydrogen-bond donors (Lipinski definition) is 2. The van der Waals surface area contributed by atoms with E-state index in [1.807, 2.05) is 30.3 Å². The Morgan fingerprint density at radius 3 is 2.66 bits per heavy atom. The van der Waals surface area contributed by atoms with Gasteiger partial charge in [0.15, 0.2) is 12.1 Å². The smallest absolute Gasteiger partial charge is 0.340 e. The predicted molar refractivity (Wildman–Crippen MR) is 139 cm³/mol. The molecule has 2 aromatic carbocycles. The van der Waals surface area contributed by atoms with Gasteiger partial charge >= 0.3 is 5.97 Å². The van der Waals surface area contributed by atoms with Crippen molar-refractivity contribution in [2.75, 3.05) is 13.2 Å². The molecule has 5 rings (SSSR count). The lowest BCUT2D eigenvalue weighted by Gasteiger charge is -2.28. The SMILES string of the molecule is CCOC(=O)c1c(CO[C@@H]2[C@@H]3OC(C)(C)O[C@@H]3O[C@@H]2[C@@H](O)CO)nc2ccc(Cl)cc2c1-c1ccccc1. The van der Waals surface area contributed by atoms with E-state index in [-0.39, 0.29) is 18.8 Å². The number of carbonyl (C=O) groups excluding carboxylic acids is 1. The summed E-state index contributed by atoms with van der Waals surface area (Å²) in [6.45, 7) is 4.76. The third-order valence-corrected chi connectivity index (χ3v) is 6.80. The van der Waals surface area contributed by atoms with Gasteiger partial charge < -0.3 is 33.9 Å². The van der Waals surface area contributed by atoms with Crippen LogP contribution >= 0.6 is 11.6 Å². The van der Waals surface area contributed by atoms with Crippen molar-refractivity contribution in [3.05, 3.63) is 64.8 Å². The van der Waals surface area contributed by atoms with E-state index in [0.717, 1.165) is 5.56 Å². The molecule has 38 heavy (non-hydrogen) atoms. The maximum absolute atomic E-state index is 13.4. The molecule has 0 aliphatic carbocycles. The predicted octanol–water partition coefficient (Wildman–Crippen LogP) is 3.85. The van der Waals surface area contributed by atoms with Gasteiger partial charge in [-0.2, -0.15) is 0 Å². The second kappa shape index (κ2) is 10.9. The summed E-state index contributed by atoms with van der Waals surface area (Å²) < 4.78 is 29.4. The molecular formula is C28H30ClNO8. The maximum Gasteiger partial charge on any atom is 0.340 e. The number of ether oxygens (including phenoxy) is 5. The van der Waals surface area contributed by atoms with Gasteiger partial charge in [0, 0.05) is 16.0 Å². The summed E-state index contributed by atoms with van der Waals surface area (Å²) in [6, 6.07) is 14.7. The highest BCUT2D eigenvalue weighted by Gasteiger charge is 2.57. The van der Waals surface area contributed by atoms with Gasteiger partial charge in [-0.1, -0.05) is 41.9 Å². The zero-order chi connectivity index (χ0) is 27.0. The first-order valence-electron chi connectivity index (χ1n) is 12.5. The molecule has 0 bridgehead atoms. The van der Waals surface area contributed by atoms with Crippen LogP contribution in [0, 0.1) is 0 Å². The van der Waals surface area contributed by atoms with E-state index < -0.39 is 49.1 Å². The summed E-state index contributed by atoms with van der Waals surface area (Å²) in [5.74, 6) is -1.46. The second-order valence-corrected chi connectivity index (χ2v) is 10.1.